The fourth-order valence-electron chi connectivity index (χ4n) is 4.09. The zero-order chi connectivity index (χ0) is 26.8. The van der Waals surface area contributed by atoms with E-state index in [0.29, 0.717) is 45.6 Å². The monoisotopic (exact) mass is 563 g/mol. The van der Waals surface area contributed by atoms with Crippen LogP contribution in [0.15, 0.2) is 28.5 Å². The zero-order valence-corrected chi connectivity index (χ0v) is 21.9. The summed E-state index contributed by atoms with van der Waals surface area (Å²) in [6, 6.07) is 4.14. The van der Waals surface area contributed by atoms with E-state index in [9.17, 15) is 26.4 Å². The Morgan fingerprint density at radius 3 is 2.49 bits per heavy atom. The van der Waals surface area contributed by atoms with Gasteiger partial charge in [-0.1, -0.05) is 11.3 Å². The van der Waals surface area contributed by atoms with Gasteiger partial charge in [-0.2, -0.15) is 13.2 Å². The number of carbonyl (C=O) groups excluding carboxylic acids is 1. The molecule has 2 aliphatic heterocycles. The summed E-state index contributed by atoms with van der Waals surface area (Å²) >= 11 is 0.814. The number of amides is 1. The number of hydrogen-bond donors (Lipinski definition) is 2. The van der Waals surface area contributed by atoms with Gasteiger partial charge in [-0.15, -0.1) is 0 Å². The number of halogens is 3. The molecule has 4 rings (SSSR count). The van der Waals surface area contributed by atoms with Gasteiger partial charge >= 0.3 is 6.18 Å². The smallest absolute Gasteiger partial charge is 0.419 e. The van der Waals surface area contributed by atoms with Crippen molar-refractivity contribution in [1.29, 1.82) is 0 Å². The van der Waals surface area contributed by atoms with E-state index < -0.39 is 39.5 Å². The molecule has 0 bridgehead atoms. The molecule has 3 heterocycles. The topological polar surface area (TPSA) is 106 Å². The van der Waals surface area contributed by atoms with Gasteiger partial charge in [0.15, 0.2) is 5.06 Å². The van der Waals surface area contributed by atoms with Gasteiger partial charge in [0, 0.05) is 38.9 Å². The van der Waals surface area contributed by atoms with Crippen LogP contribution in [0.3, 0.4) is 0 Å². The van der Waals surface area contributed by atoms with Gasteiger partial charge < -0.3 is 24.4 Å². The summed E-state index contributed by atoms with van der Waals surface area (Å²) in [5.41, 5.74) is -0.872. The van der Waals surface area contributed by atoms with Crippen molar-refractivity contribution in [2.24, 2.45) is 0 Å². The van der Waals surface area contributed by atoms with Crippen LogP contribution in [-0.4, -0.2) is 64.8 Å². The molecule has 0 aliphatic carbocycles. The second kappa shape index (κ2) is 11.1. The maximum absolute atomic E-state index is 13.6. The van der Waals surface area contributed by atoms with Crippen LogP contribution in [0, 0.1) is 0 Å². The summed E-state index contributed by atoms with van der Waals surface area (Å²) in [6.45, 7) is 3.45. The van der Waals surface area contributed by atoms with Gasteiger partial charge in [-0.05, 0) is 31.7 Å². The third-order valence-corrected chi connectivity index (χ3v) is 8.75. The molecule has 1 aromatic carbocycles. The number of hydrogen-bond acceptors (Lipinski definition) is 8. The summed E-state index contributed by atoms with van der Waals surface area (Å²) in [5, 5.41) is 2.80. The van der Waals surface area contributed by atoms with Crippen LogP contribution in [0.25, 0.3) is 0 Å². The highest BCUT2D eigenvalue weighted by atomic mass is 32.2. The standard InChI is InChI=1S/C23H28F3N3O6S2/c1-14(30)27-19-12-21(36-22(19)35-16-6-9-33-10-7-16)37(31,32)28-15-3-4-18(23(24,25)26)20(11-15)34-17-5-8-29(2)13-17/h3-4,11-12,16-17,28H,5-10,13H2,1-2H3,(H,27,30)/t17-/m1/s1. The van der Waals surface area contributed by atoms with Crippen molar-refractivity contribution in [2.75, 3.05) is 43.4 Å². The molecular formula is C23H28F3N3O6S2. The van der Waals surface area contributed by atoms with Crippen LogP contribution in [0.5, 0.6) is 10.8 Å². The van der Waals surface area contributed by atoms with E-state index in [-0.39, 0.29) is 26.8 Å². The number of likely N-dealkylation sites (N-methyl/N-ethyl adjacent to an activating group) is 1. The van der Waals surface area contributed by atoms with Crippen LogP contribution < -0.4 is 19.5 Å². The predicted octanol–water partition coefficient (Wildman–Crippen LogP) is 4.17. The van der Waals surface area contributed by atoms with Crippen LogP contribution in [0.1, 0.15) is 31.7 Å². The summed E-state index contributed by atoms with van der Waals surface area (Å²) in [4.78, 5) is 13.6. The largest absolute Gasteiger partial charge is 0.488 e. The Morgan fingerprint density at radius 1 is 1.14 bits per heavy atom. The van der Waals surface area contributed by atoms with Crippen LogP contribution in [0.2, 0.25) is 0 Å². The number of anilines is 2. The minimum atomic E-state index is -4.67. The van der Waals surface area contributed by atoms with E-state index in [4.69, 9.17) is 14.2 Å². The Kier molecular flexibility index (Phi) is 8.21. The quantitative estimate of drug-likeness (QED) is 0.497. The van der Waals surface area contributed by atoms with Crippen molar-refractivity contribution in [3.05, 3.63) is 29.8 Å². The molecule has 2 fully saturated rings. The fourth-order valence-corrected chi connectivity index (χ4v) is 6.45. The lowest BCUT2D eigenvalue weighted by Gasteiger charge is -2.23. The number of likely N-dealkylation sites (tertiary alicyclic amines) is 1. The van der Waals surface area contributed by atoms with E-state index in [0.717, 1.165) is 29.5 Å². The van der Waals surface area contributed by atoms with Gasteiger partial charge in [0.1, 0.15) is 22.2 Å². The maximum Gasteiger partial charge on any atom is 0.419 e. The Hall–Kier alpha value is -2.55. The number of nitrogens with zero attached hydrogens (tertiary/aromatic N) is 1. The Balaban J connectivity index is 1.59. The lowest BCUT2D eigenvalue weighted by Crippen LogP contribution is -2.25. The molecule has 1 atom stereocenters. The predicted molar refractivity (Wildman–Crippen MR) is 132 cm³/mol. The lowest BCUT2D eigenvalue weighted by atomic mass is 10.1. The van der Waals surface area contributed by atoms with Crippen molar-refractivity contribution in [2.45, 2.75) is 48.8 Å². The third kappa shape index (κ3) is 7.06. The number of ether oxygens (including phenoxy) is 3. The maximum atomic E-state index is 13.6. The minimum Gasteiger partial charge on any atom is -0.488 e. The molecule has 2 N–H and O–H groups in total. The Morgan fingerprint density at radius 2 is 1.86 bits per heavy atom. The molecule has 0 saturated carbocycles. The molecule has 0 radical (unpaired) electrons. The highest BCUT2D eigenvalue weighted by molar-refractivity contribution is 7.94. The molecule has 2 aliphatic rings. The molecule has 0 spiro atoms. The van der Waals surface area contributed by atoms with Crippen molar-refractivity contribution in [3.63, 3.8) is 0 Å². The van der Waals surface area contributed by atoms with Gasteiger partial charge in [0.05, 0.1) is 30.2 Å². The Bertz CT molecular complexity index is 1230. The van der Waals surface area contributed by atoms with Crippen LogP contribution in [-0.2, 0) is 25.7 Å². The normalized spacial score (nSPS) is 19.5. The van der Waals surface area contributed by atoms with Crippen LogP contribution >= 0.6 is 11.3 Å². The molecule has 0 unspecified atom stereocenters. The summed E-state index contributed by atoms with van der Waals surface area (Å²) in [5.74, 6) is -0.852. The second-order valence-corrected chi connectivity index (χ2v) is 11.9. The number of alkyl halides is 3. The highest BCUT2D eigenvalue weighted by Gasteiger charge is 2.36. The summed E-state index contributed by atoms with van der Waals surface area (Å²) < 4.78 is 86.2. The van der Waals surface area contributed by atoms with Crippen molar-refractivity contribution < 1.29 is 40.6 Å². The number of thiophene rings is 1. The second-order valence-electron chi connectivity index (χ2n) is 8.98. The van der Waals surface area contributed by atoms with Crippen molar-refractivity contribution in [3.8, 4) is 10.8 Å². The first-order valence-corrected chi connectivity index (χ1v) is 14.0. The van der Waals surface area contributed by atoms with Crippen molar-refractivity contribution in [1.82, 2.24) is 4.90 Å². The van der Waals surface area contributed by atoms with Gasteiger partial charge in [0.2, 0.25) is 5.91 Å². The molecule has 2 saturated heterocycles. The fraction of sp³-hybridized carbons (Fsp3) is 0.522. The molecular weight excluding hydrogens is 535 g/mol. The van der Waals surface area contributed by atoms with Gasteiger partial charge in [-0.25, -0.2) is 8.42 Å². The van der Waals surface area contributed by atoms with Gasteiger partial charge in [0.25, 0.3) is 10.0 Å². The highest BCUT2D eigenvalue weighted by Crippen LogP contribution is 2.41. The molecule has 1 amide bonds. The SMILES string of the molecule is CC(=O)Nc1cc(S(=O)(=O)Nc2ccc(C(F)(F)F)c(O[C@@H]3CCN(C)C3)c2)sc1OC1CCOCC1. The average Bonchev–Trinajstić information content (AvgIpc) is 3.39. The van der Waals surface area contributed by atoms with E-state index >= 15 is 0 Å². The molecule has 9 nitrogen and oxygen atoms in total. The molecule has 2 aromatic rings. The number of rotatable bonds is 8. The zero-order valence-electron chi connectivity index (χ0n) is 20.3. The molecule has 37 heavy (non-hydrogen) atoms. The van der Waals surface area contributed by atoms with Gasteiger partial charge in [-0.3, -0.25) is 9.52 Å². The summed E-state index contributed by atoms with van der Waals surface area (Å²) in [6.07, 6.45) is -3.53. The van der Waals surface area contributed by atoms with E-state index in [2.05, 4.69) is 10.0 Å². The minimum absolute atomic E-state index is 0.0873. The molecule has 14 heteroatoms. The first kappa shape index (κ1) is 27.5. The average molecular weight is 564 g/mol. The molecule has 1 aromatic heterocycles. The van der Waals surface area contributed by atoms with E-state index in [1.165, 1.54) is 13.0 Å². The van der Waals surface area contributed by atoms with E-state index in [1.54, 1.807) is 0 Å². The third-order valence-electron chi connectivity index (χ3n) is 5.87. The number of benzene rings is 1. The first-order valence-electron chi connectivity index (χ1n) is 11.7. The number of sulfonamides is 1. The number of nitrogens with one attached hydrogen (secondary N) is 2. The van der Waals surface area contributed by atoms with Crippen molar-refractivity contribution >= 4 is 38.6 Å². The Labute approximate surface area is 216 Å². The van der Waals surface area contributed by atoms with E-state index in [1.807, 2.05) is 11.9 Å². The summed E-state index contributed by atoms with van der Waals surface area (Å²) in [7, 11) is -2.38. The first-order chi connectivity index (χ1) is 17.4. The lowest BCUT2D eigenvalue weighted by molar-refractivity contribution is -0.139. The van der Waals surface area contributed by atoms with Crippen LogP contribution in [0.4, 0.5) is 24.5 Å². The molecule has 204 valence electrons. The number of carbonyl (C=O) groups is 1.